The number of benzene rings is 1. The Hall–Kier alpha value is -2.14. The molecule has 1 aliphatic rings. The zero-order valence-electron chi connectivity index (χ0n) is 9.85. The van der Waals surface area contributed by atoms with Crippen molar-refractivity contribution in [3.63, 3.8) is 0 Å². The van der Waals surface area contributed by atoms with Gasteiger partial charge in [-0.2, -0.15) is 0 Å². The monoisotopic (exact) mass is 275 g/mol. The summed E-state index contributed by atoms with van der Waals surface area (Å²) in [6.07, 6.45) is 4.74. The van der Waals surface area contributed by atoms with E-state index in [1.807, 2.05) is 0 Å². The van der Waals surface area contributed by atoms with Crippen LogP contribution in [0.2, 0.25) is 0 Å². The standard InChI is InChI=1S/C14H10FNO2S/c15-10-6-4-9(5-7-10)2-1-3-11-12(17)8-13(19)16-14(11)18/h1-7H,8H2,(H,16,18,19)/b2-1+,11-3+. The molecule has 1 amide bonds. The fourth-order valence-electron chi connectivity index (χ4n) is 1.60. The van der Waals surface area contributed by atoms with Crippen molar-refractivity contribution in [2.45, 2.75) is 6.42 Å². The van der Waals surface area contributed by atoms with Crippen molar-refractivity contribution in [2.24, 2.45) is 0 Å². The Morgan fingerprint density at radius 2 is 1.89 bits per heavy atom. The maximum absolute atomic E-state index is 12.7. The van der Waals surface area contributed by atoms with Crippen molar-refractivity contribution in [1.82, 2.24) is 5.32 Å². The number of hydrogen-bond donors (Lipinski definition) is 1. The van der Waals surface area contributed by atoms with Crippen LogP contribution in [0.15, 0.2) is 42.0 Å². The third kappa shape index (κ3) is 3.42. The summed E-state index contributed by atoms with van der Waals surface area (Å²) in [4.78, 5) is 23.4. The van der Waals surface area contributed by atoms with Gasteiger partial charge in [-0.25, -0.2) is 4.39 Å². The number of nitrogens with one attached hydrogen (secondary N) is 1. The number of piperidine rings is 1. The Bertz CT molecular complexity index is 580. The van der Waals surface area contributed by atoms with Gasteiger partial charge in [-0.1, -0.05) is 36.5 Å². The lowest BCUT2D eigenvalue weighted by atomic mass is 10.0. The molecule has 0 aliphatic carbocycles. The lowest BCUT2D eigenvalue weighted by Crippen LogP contribution is -2.39. The van der Waals surface area contributed by atoms with Crippen LogP contribution in [-0.4, -0.2) is 16.7 Å². The predicted octanol–water partition coefficient (Wildman–Crippen LogP) is 2.18. The van der Waals surface area contributed by atoms with Crippen molar-refractivity contribution in [1.29, 1.82) is 0 Å². The number of carbonyl (C=O) groups excluding carboxylic acids is 2. The molecule has 0 aromatic heterocycles. The van der Waals surface area contributed by atoms with Gasteiger partial charge in [-0.3, -0.25) is 9.59 Å². The molecule has 1 fully saturated rings. The summed E-state index contributed by atoms with van der Waals surface area (Å²) in [5.74, 6) is -1.09. The number of amides is 1. The zero-order valence-corrected chi connectivity index (χ0v) is 10.7. The largest absolute Gasteiger partial charge is 0.316 e. The van der Waals surface area contributed by atoms with E-state index in [1.165, 1.54) is 18.2 Å². The number of rotatable bonds is 2. The minimum absolute atomic E-state index is 0.0529. The molecule has 96 valence electrons. The molecule has 0 saturated carbocycles. The van der Waals surface area contributed by atoms with Crippen molar-refractivity contribution < 1.29 is 14.0 Å². The number of thiocarbonyl (C=S) groups is 1. The second kappa shape index (κ2) is 5.67. The van der Waals surface area contributed by atoms with Gasteiger partial charge in [0, 0.05) is 0 Å². The van der Waals surface area contributed by atoms with E-state index in [1.54, 1.807) is 24.3 Å². The van der Waals surface area contributed by atoms with E-state index in [0.29, 0.717) is 0 Å². The van der Waals surface area contributed by atoms with Crippen molar-refractivity contribution in [3.8, 4) is 0 Å². The highest BCUT2D eigenvalue weighted by atomic mass is 32.1. The molecule has 0 bridgehead atoms. The highest BCUT2D eigenvalue weighted by Crippen LogP contribution is 2.10. The van der Waals surface area contributed by atoms with Crippen molar-refractivity contribution >= 4 is 35.0 Å². The molecule has 1 N–H and O–H groups in total. The first-order valence-corrected chi connectivity index (χ1v) is 5.98. The summed E-state index contributed by atoms with van der Waals surface area (Å²) in [5.41, 5.74) is 0.851. The number of allylic oxidation sites excluding steroid dienone is 2. The van der Waals surface area contributed by atoms with Crippen LogP contribution < -0.4 is 5.32 Å². The molecule has 0 unspecified atom stereocenters. The van der Waals surface area contributed by atoms with Crippen molar-refractivity contribution in [3.05, 3.63) is 53.4 Å². The summed E-state index contributed by atoms with van der Waals surface area (Å²) in [5, 5.41) is 2.44. The molecule has 0 spiro atoms. The molecular weight excluding hydrogens is 265 g/mol. The SMILES string of the molecule is O=C1CC(=S)NC(=O)/C1=C/C=C/c1ccc(F)cc1. The zero-order chi connectivity index (χ0) is 13.8. The Balaban J connectivity index is 2.13. The van der Waals surface area contributed by atoms with Crippen molar-refractivity contribution in [2.75, 3.05) is 0 Å². The summed E-state index contributed by atoms with van der Waals surface area (Å²) >= 11 is 4.78. The minimum Gasteiger partial charge on any atom is -0.316 e. The topological polar surface area (TPSA) is 46.2 Å². The molecule has 1 aliphatic heterocycles. The molecule has 0 radical (unpaired) electrons. The Morgan fingerprint density at radius 3 is 2.53 bits per heavy atom. The van der Waals surface area contributed by atoms with E-state index in [9.17, 15) is 14.0 Å². The van der Waals surface area contributed by atoms with Crippen LogP contribution in [0, 0.1) is 5.82 Å². The highest BCUT2D eigenvalue weighted by Gasteiger charge is 2.25. The van der Waals surface area contributed by atoms with E-state index in [-0.39, 0.29) is 28.6 Å². The summed E-state index contributed by atoms with van der Waals surface area (Å²) < 4.78 is 12.7. The molecule has 1 aromatic carbocycles. The number of hydrogen-bond acceptors (Lipinski definition) is 3. The lowest BCUT2D eigenvalue weighted by molar-refractivity contribution is -0.122. The molecular formula is C14H10FNO2S. The normalized spacial score (nSPS) is 18.2. The summed E-state index contributed by atoms with van der Waals surface area (Å²) in [6, 6.07) is 5.87. The predicted molar refractivity (Wildman–Crippen MR) is 73.9 cm³/mol. The molecule has 3 nitrogen and oxygen atoms in total. The first-order valence-electron chi connectivity index (χ1n) is 5.57. The van der Waals surface area contributed by atoms with Crippen LogP contribution in [-0.2, 0) is 9.59 Å². The summed E-state index contributed by atoms with van der Waals surface area (Å²) in [6.45, 7) is 0. The van der Waals surface area contributed by atoms with E-state index < -0.39 is 5.91 Å². The van der Waals surface area contributed by atoms with E-state index in [2.05, 4.69) is 5.32 Å². The molecule has 5 heteroatoms. The second-order valence-electron chi connectivity index (χ2n) is 3.97. The number of Topliss-reactive ketones (excluding diaryl/α,β-unsaturated/α-hetero) is 1. The maximum Gasteiger partial charge on any atom is 0.259 e. The molecule has 1 heterocycles. The number of carbonyl (C=O) groups is 2. The quantitative estimate of drug-likeness (QED) is 0.511. The van der Waals surface area contributed by atoms with Crippen LogP contribution >= 0.6 is 12.2 Å². The van der Waals surface area contributed by atoms with E-state index in [4.69, 9.17) is 12.2 Å². The fraction of sp³-hybridized carbons (Fsp3) is 0.0714. The first-order chi connectivity index (χ1) is 9.06. The lowest BCUT2D eigenvalue weighted by Gasteiger charge is -2.13. The Morgan fingerprint density at radius 1 is 1.21 bits per heavy atom. The molecule has 19 heavy (non-hydrogen) atoms. The van der Waals surface area contributed by atoms with Gasteiger partial charge in [0.25, 0.3) is 5.91 Å². The van der Waals surface area contributed by atoms with Gasteiger partial charge < -0.3 is 5.32 Å². The first kappa shape index (κ1) is 13.3. The van der Waals surface area contributed by atoms with Gasteiger partial charge >= 0.3 is 0 Å². The average molecular weight is 275 g/mol. The fourth-order valence-corrected chi connectivity index (χ4v) is 1.83. The average Bonchev–Trinajstić information content (AvgIpc) is 2.34. The number of halogens is 1. The van der Waals surface area contributed by atoms with E-state index in [0.717, 1.165) is 5.56 Å². The highest BCUT2D eigenvalue weighted by molar-refractivity contribution is 7.80. The van der Waals surface area contributed by atoms with Gasteiger partial charge in [0.2, 0.25) is 0 Å². The van der Waals surface area contributed by atoms with Crippen LogP contribution in [0.4, 0.5) is 4.39 Å². The van der Waals surface area contributed by atoms with Gasteiger partial charge in [0.15, 0.2) is 5.78 Å². The second-order valence-corrected chi connectivity index (χ2v) is 4.46. The Kier molecular flexibility index (Phi) is 3.97. The number of ketones is 1. The van der Waals surface area contributed by atoms with Gasteiger partial charge in [0.1, 0.15) is 5.82 Å². The molecule has 1 saturated heterocycles. The van der Waals surface area contributed by atoms with Crippen LogP contribution in [0.25, 0.3) is 6.08 Å². The minimum atomic E-state index is -0.481. The molecule has 1 aromatic rings. The maximum atomic E-state index is 12.7. The van der Waals surface area contributed by atoms with Gasteiger partial charge in [0.05, 0.1) is 17.0 Å². The van der Waals surface area contributed by atoms with Crippen LogP contribution in [0.5, 0.6) is 0 Å². The Labute approximate surface area is 114 Å². The summed E-state index contributed by atoms with van der Waals surface area (Å²) in [7, 11) is 0. The van der Waals surface area contributed by atoms with Crippen LogP contribution in [0.3, 0.4) is 0 Å². The smallest absolute Gasteiger partial charge is 0.259 e. The third-order valence-corrected chi connectivity index (χ3v) is 2.79. The third-order valence-electron chi connectivity index (χ3n) is 2.54. The van der Waals surface area contributed by atoms with Gasteiger partial charge in [-0.15, -0.1) is 0 Å². The molecule has 0 atom stereocenters. The van der Waals surface area contributed by atoms with Crippen LogP contribution in [0.1, 0.15) is 12.0 Å². The van der Waals surface area contributed by atoms with Gasteiger partial charge in [-0.05, 0) is 23.8 Å². The van der Waals surface area contributed by atoms with E-state index >= 15 is 0 Å². The molecule has 2 rings (SSSR count).